The van der Waals surface area contributed by atoms with Crippen LogP contribution in [0.5, 0.6) is 11.5 Å². The molecule has 2 heteroatoms. The Labute approximate surface area is 108 Å². The van der Waals surface area contributed by atoms with Crippen molar-refractivity contribution in [1.82, 2.24) is 0 Å². The van der Waals surface area contributed by atoms with E-state index in [0.717, 1.165) is 31.2 Å². The first-order valence-electron chi connectivity index (χ1n) is 6.30. The molecule has 0 unspecified atom stereocenters. The maximum absolute atomic E-state index is 9.64. The lowest BCUT2D eigenvalue weighted by molar-refractivity contribution is 0.453. The molecule has 0 aliphatic heterocycles. The van der Waals surface area contributed by atoms with E-state index in [-0.39, 0.29) is 11.5 Å². The molecule has 0 atom stereocenters. The number of unbranched alkanes of at least 4 members (excludes halogenated alkanes) is 1. The minimum atomic E-state index is 0.214. The van der Waals surface area contributed by atoms with Crippen molar-refractivity contribution >= 4 is 0 Å². The van der Waals surface area contributed by atoms with E-state index in [1.54, 1.807) is 12.1 Å². The first kappa shape index (κ1) is 12.5. The Hall–Kier alpha value is -1.96. The van der Waals surface area contributed by atoms with E-state index < -0.39 is 0 Å². The predicted molar refractivity (Wildman–Crippen MR) is 72.9 cm³/mol. The van der Waals surface area contributed by atoms with Crippen LogP contribution in [0.4, 0.5) is 0 Å². The summed E-state index contributed by atoms with van der Waals surface area (Å²) >= 11 is 0. The summed E-state index contributed by atoms with van der Waals surface area (Å²) in [5.41, 5.74) is 2.17. The maximum atomic E-state index is 9.64. The molecule has 0 saturated heterocycles. The lowest BCUT2D eigenvalue weighted by Crippen LogP contribution is -1.90. The number of hydrogen-bond donors (Lipinski definition) is 2. The highest BCUT2D eigenvalue weighted by Gasteiger charge is 2.02. The molecule has 0 spiro atoms. The zero-order chi connectivity index (χ0) is 12.8. The number of aromatic hydroxyl groups is 2. The van der Waals surface area contributed by atoms with Gasteiger partial charge in [-0.1, -0.05) is 30.3 Å². The second kappa shape index (κ2) is 6.10. The second-order valence-electron chi connectivity index (χ2n) is 4.51. The average Bonchev–Trinajstić information content (AvgIpc) is 2.40. The van der Waals surface area contributed by atoms with E-state index in [0.29, 0.717) is 0 Å². The molecular weight excluding hydrogens is 224 g/mol. The van der Waals surface area contributed by atoms with Gasteiger partial charge in [-0.15, -0.1) is 0 Å². The van der Waals surface area contributed by atoms with Crippen LogP contribution in [0.2, 0.25) is 0 Å². The smallest absolute Gasteiger partial charge is 0.119 e. The molecule has 0 radical (unpaired) electrons. The number of phenolic OH excluding ortho intramolecular Hbond substituents is 2. The fourth-order valence-corrected chi connectivity index (χ4v) is 2.06. The Balaban J connectivity index is 1.80. The summed E-state index contributed by atoms with van der Waals surface area (Å²) in [4.78, 5) is 0. The summed E-state index contributed by atoms with van der Waals surface area (Å²) in [5, 5.41) is 19.0. The lowest BCUT2D eigenvalue weighted by atomic mass is 10.0. The van der Waals surface area contributed by atoms with Crippen molar-refractivity contribution in [3.63, 3.8) is 0 Å². The first-order chi connectivity index (χ1) is 8.75. The molecular formula is C16H18O2. The van der Waals surface area contributed by atoms with Crippen molar-refractivity contribution in [3.05, 3.63) is 59.7 Å². The first-order valence-corrected chi connectivity index (χ1v) is 6.30. The van der Waals surface area contributed by atoms with E-state index in [1.165, 1.54) is 11.6 Å². The monoisotopic (exact) mass is 242 g/mol. The normalized spacial score (nSPS) is 10.4. The molecule has 2 aromatic carbocycles. The molecule has 2 N–H and O–H groups in total. The zero-order valence-electron chi connectivity index (χ0n) is 10.3. The lowest BCUT2D eigenvalue weighted by Gasteiger charge is -2.05. The van der Waals surface area contributed by atoms with Crippen LogP contribution in [-0.2, 0) is 12.8 Å². The Kier molecular flexibility index (Phi) is 4.24. The van der Waals surface area contributed by atoms with Gasteiger partial charge in [0.2, 0.25) is 0 Å². The highest BCUT2D eigenvalue weighted by Crippen LogP contribution is 2.23. The van der Waals surface area contributed by atoms with Gasteiger partial charge in [0.05, 0.1) is 0 Å². The van der Waals surface area contributed by atoms with Crippen LogP contribution in [0.1, 0.15) is 24.0 Å². The van der Waals surface area contributed by atoms with Gasteiger partial charge in [-0.05, 0) is 55.0 Å². The number of phenols is 2. The third-order valence-electron chi connectivity index (χ3n) is 3.07. The Morgan fingerprint density at radius 3 is 2.28 bits per heavy atom. The second-order valence-corrected chi connectivity index (χ2v) is 4.51. The van der Waals surface area contributed by atoms with Crippen LogP contribution in [0, 0.1) is 0 Å². The van der Waals surface area contributed by atoms with E-state index in [4.69, 9.17) is 0 Å². The molecule has 0 saturated carbocycles. The fourth-order valence-electron chi connectivity index (χ4n) is 2.06. The van der Waals surface area contributed by atoms with Gasteiger partial charge in [0.15, 0.2) is 0 Å². The summed E-state index contributed by atoms with van der Waals surface area (Å²) in [6, 6.07) is 15.1. The molecule has 2 rings (SSSR count). The molecule has 0 bridgehead atoms. The van der Waals surface area contributed by atoms with Gasteiger partial charge in [-0.3, -0.25) is 0 Å². The highest BCUT2D eigenvalue weighted by molar-refractivity contribution is 5.38. The molecule has 0 aliphatic rings. The minimum absolute atomic E-state index is 0.214. The van der Waals surface area contributed by atoms with Crippen molar-refractivity contribution in [2.75, 3.05) is 0 Å². The van der Waals surface area contributed by atoms with E-state index in [1.807, 2.05) is 6.07 Å². The number of benzene rings is 2. The molecule has 0 aliphatic carbocycles. The van der Waals surface area contributed by atoms with Crippen molar-refractivity contribution in [1.29, 1.82) is 0 Å². The van der Waals surface area contributed by atoms with Crippen LogP contribution >= 0.6 is 0 Å². The van der Waals surface area contributed by atoms with Crippen LogP contribution in [0.3, 0.4) is 0 Å². The van der Waals surface area contributed by atoms with Gasteiger partial charge in [0.1, 0.15) is 11.5 Å². The Morgan fingerprint density at radius 1 is 0.778 bits per heavy atom. The van der Waals surface area contributed by atoms with Gasteiger partial charge >= 0.3 is 0 Å². The maximum Gasteiger partial charge on any atom is 0.119 e. The van der Waals surface area contributed by atoms with Gasteiger partial charge in [0, 0.05) is 0 Å². The topological polar surface area (TPSA) is 40.5 Å². The number of hydrogen-bond acceptors (Lipinski definition) is 2. The van der Waals surface area contributed by atoms with Crippen LogP contribution in [0.15, 0.2) is 48.5 Å². The predicted octanol–water partition coefficient (Wildman–Crippen LogP) is 3.66. The molecule has 0 heterocycles. The van der Waals surface area contributed by atoms with Crippen molar-refractivity contribution in [3.8, 4) is 11.5 Å². The summed E-state index contributed by atoms with van der Waals surface area (Å²) < 4.78 is 0. The molecule has 18 heavy (non-hydrogen) atoms. The standard InChI is InChI=1S/C16H18O2/c17-15-10-11-16(18)14(12-15)9-5-4-8-13-6-2-1-3-7-13/h1-3,6-7,10-12,17-18H,4-5,8-9H2. The van der Waals surface area contributed by atoms with Crippen LogP contribution in [0.25, 0.3) is 0 Å². The SMILES string of the molecule is Oc1ccc(O)c(CCCCc2ccccc2)c1. The van der Waals surface area contributed by atoms with Gasteiger partial charge in [0.25, 0.3) is 0 Å². The van der Waals surface area contributed by atoms with E-state index >= 15 is 0 Å². The van der Waals surface area contributed by atoms with Gasteiger partial charge in [-0.25, -0.2) is 0 Å². The van der Waals surface area contributed by atoms with Gasteiger partial charge in [-0.2, -0.15) is 0 Å². The van der Waals surface area contributed by atoms with Crippen LogP contribution in [-0.4, -0.2) is 10.2 Å². The van der Waals surface area contributed by atoms with E-state index in [9.17, 15) is 10.2 Å². The molecule has 94 valence electrons. The summed E-state index contributed by atoms with van der Waals surface area (Å²) in [6.45, 7) is 0. The van der Waals surface area contributed by atoms with Crippen LogP contribution < -0.4 is 0 Å². The Morgan fingerprint density at radius 2 is 1.50 bits per heavy atom. The third kappa shape index (κ3) is 3.52. The molecule has 2 aromatic rings. The summed E-state index contributed by atoms with van der Waals surface area (Å²) in [6.07, 6.45) is 3.94. The van der Waals surface area contributed by atoms with Crippen molar-refractivity contribution in [2.45, 2.75) is 25.7 Å². The van der Waals surface area contributed by atoms with E-state index in [2.05, 4.69) is 24.3 Å². The van der Waals surface area contributed by atoms with Crippen molar-refractivity contribution in [2.24, 2.45) is 0 Å². The molecule has 0 aromatic heterocycles. The fraction of sp³-hybridized carbons (Fsp3) is 0.250. The number of aryl methyl sites for hydroxylation is 2. The third-order valence-corrected chi connectivity index (χ3v) is 3.07. The Bertz CT molecular complexity index is 492. The largest absolute Gasteiger partial charge is 0.508 e. The molecule has 0 amide bonds. The molecule has 2 nitrogen and oxygen atoms in total. The average molecular weight is 242 g/mol. The quantitative estimate of drug-likeness (QED) is 0.620. The highest BCUT2D eigenvalue weighted by atomic mass is 16.3. The minimum Gasteiger partial charge on any atom is -0.508 e. The van der Waals surface area contributed by atoms with Gasteiger partial charge < -0.3 is 10.2 Å². The molecule has 0 fully saturated rings. The number of rotatable bonds is 5. The summed E-state index contributed by atoms with van der Waals surface area (Å²) in [5.74, 6) is 0.485. The summed E-state index contributed by atoms with van der Waals surface area (Å²) in [7, 11) is 0. The zero-order valence-corrected chi connectivity index (χ0v) is 10.3. The van der Waals surface area contributed by atoms with Crippen molar-refractivity contribution < 1.29 is 10.2 Å².